The van der Waals surface area contributed by atoms with Crippen LogP contribution in [-0.2, 0) is 11.2 Å². The molecule has 1 saturated heterocycles. The lowest BCUT2D eigenvalue weighted by molar-refractivity contribution is -0.131. The fourth-order valence-corrected chi connectivity index (χ4v) is 3.47. The van der Waals surface area contributed by atoms with Crippen molar-refractivity contribution in [3.63, 3.8) is 0 Å². The molecule has 0 N–H and O–H groups in total. The van der Waals surface area contributed by atoms with Crippen molar-refractivity contribution in [1.82, 2.24) is 4.90 Å². The molecule has 126 valence electrons. The molecule has 0 radical (unpaired) electrons. The van der Waals surface area contributed by atoms with Crippen LogP contribution in [-0.4, -0.2) is 24.0 Å². The molecule has 1 heterocycles. The summed E-state index contributed by atoms with van der Waals surface area (Å²) in [5.41, 5.74) is 2.06. The van der Waals surface area contributed by atoms with Gasteiger partial charge >= 0.3 is 0 Å². The highest BCUT2D eigenvalue weighted by atomic mass is 35.5. The van der Waals surface area contributed by atoms with E-state index in [-0.39, 0.29) is 11.9 Å². The number of carbonyl (C=O) groups excluding carboxylic acids is 1. The molecule has 0 aromatic heterocycles. The second kappa shape index (κ2) is 7.71. The van der Waals surface area contributed by atoms with Crippen LogP contribution < -0.4 is 4.74 Å². The molecule has 1 unspecified atom stereocenters. The van der Waals surface area contributed by atoms with E-state index in [0.717, 1.165) is 30.7 Å². The van der Waals surface area contributed by atoms with Crippen molar-refractivity contribution in [3.05, 3.63) is 64.7 Å². The molecule has 1 aliphatic rings. The Hall–Kier alpha value is -2.00. The largest absolute Gasteiger partial charge is 0.494 e. The minimum atomic E-state index is 0.138. The van der Waals surface area contributed by atoms with Crippen molar-refractivity contribution in [2.24, 2.45) is 0 Å². The zero-order valence-electron chi connectivity index (χ0n) is 13.9. The molecule has 2 aromatic rings. The Balaban J connectivity index is 1.72. The highest BCUT2D eigenvalue weighted by Gasteiger charge is 2.30. The van der Waals surface area contributed by atoms with Crippen LogP contribution in [0.1, 0.15) is 36.9 Å². The summed E-state index contributed by atoms with van der Waals surface area (Å²) in [7, 11) is 0. The first kappa shape index (κ1) is 16.8. The van der Waals surface area contributed by atoms with E-state index in [0.29, 0.717) is 18.1 Å². The van der Waals surface area contributed by atoms with Gasteiger partial charge in [0.2, 0.25) is 5.91 Å². The minimum Gasteiger partial charge on any atom is -0.494 e. The fraction of sp³-hybridized carbons (Fsp3) is 0.350. The van der Waals surface area contributed by atoms with Crippen LogP contribution in [0.25, 0.3) is 0 Å². The number of amides is 1. The Morgan fingerprint density at radius 1 is 1.21 bits per heavy atom. The summed E-state index contributed by atoms with van der Waals surface area (Å²) in [4.78, 5) is 14.7. The molecule has 3 nitrogen and oxygen atoms in total. The SMILES string of the molecule is CCOc1ccc(C2CCCN2C(=O)Cc2ccccc2Cl)cc1. The maximum atomic E-state index is 12.8. The van der Waals surface area contributed by atoms with Gasteiger partial charge in [-0.15, -0.1) is 0 Å². The first-order chi connectivity index (χ1) is 11.7. The van der Waals surface area contributed by atoms with E-state index in [1.165, 1.54) is 5.56 Å². The minimum absolute atomic E-state index is 0.138. The van der Waals surface area contributed by atoms with E-state index >= 15 is 0 Å². The van der Waals surface area contributed by atoms with Crippen LogP contribution in [0.2, 0.25) is 5.02 Å². The van der Waals surface area contributed by atoms with Crippen molar-refractivity contribution in [3.8, 4) is 5.75 Å². The maximum Gasteiger partial charge on any atom is 0.227 e. The van der Waals surface area contributed by atoms with Crippen LogP contribution in [0.4, 0.5) is 0 Å². The topological polar surface area (TPSA) is 29.5 Å². The third-order valence-corrected chi connectivity index (χ3v) is 4.82. The second-order valence-electron chi connectivity index (χ2n) is 6.02. The van der Waals surface area contributed by atoms with Crippen molar-refractivity contribution in [2.45, 2.75) is 32.2 Å². The lowest BCUT2D eigenvalue weighted by Gasteiger charge is -2.25. The summed E-state index contributed by atoms with van der Waals surface area (Å²) in [6, 6.07) is 15.8. The van der Waals surface area contributed by atoms with Crippen molar-refractivity contribution in [1.29, 1.82) is 0 Å². The van der Waals surface area contributed by atoms with Gasteiger partial charge in [-0.05, 0) is 49.1 Å². The molecule has 24 heavy (non-hydrogen) atoms. The van der Waals surface area contributed by atoms with Crippen LogP contribution in [0.5, 0.6) is 5.75 Å². The van der Waals surface area contributed by atoms with Gasteiger partial charge in [0.05, 0.1) is 19.1 Å². The normalized spacial score (nSPS) is 17.1. The molecule has 0 aliphatic carbocycles. The number of nitrogens with zero attached hydrogens (tertiary/aromatic N) is 1. The number of hydrogen-bond donors (Lipinski definition) is 0. The summed E-state index contributed by atoms with van der Waals surface area (Å²) in [6.45, 7) is 3.44. The van der Waals surface area contributed by atoms with E-state index in [4.69, 9.17) is 16.3 Å². The van der Waals surface area contributed by atoms with E-state index in [1.807, 2.05) is 48.2 Å². The highest BCUT2D eigenvalue weighted by Crippen LogP contribution is 2.33. The van der Waals surface area contributed by atoms with Crippen LogP contribution >= 0.6 is 11.6 Å². The van der Waals surface area contributed by atoms with Crippen molar-refractivity contribution >= 4 is 17.5 Å². The molecule has 1 amide bonds. The van der Waals surface area contributed by atoms with Gasteiger partial charge < -0.3 is 9.64 Å². The smallest absolute Gasteiger partial charge is 0.227 e. The lowest BCUT2D eigenvalue weighted by Crippen LogP contribution is -2.31. The molecule has 1 aliphatic heterocycles. The Kier molecular flexibility index (Phi) is 5.41. The highest BCUT2D eigenvalue weighted by molar-refractivity contribution is 6.31. The van der Waals surface area contributed by atoms with Crippen molar-refractivity contribution in [2.75, 3.05) is 13.2 Å². The molecule has 4 heteroatoms. The van der Waals surface area contributed by atoms with Crippen molar-refractivity contribution < 1.29 is 9.53 Å². The summed E-state index contributed by atoms with van der Waals surface area (Å²) in [5.74, 6) is 1.01. The zero-order valence-corrected chi connectivity index (χ0v) is 14.6. The van der Waals surface area contributed by atoms with Gasteiger partial charge in [0.15, 0.2) is 0 Å². The molecule has 0 bridgehead atoms. The van der Waals surface area contributed by atoms with Crippen LogP contribution in [0, 0.1) is 0 Å². The number of hydrogen-bond acceptors (Lipinski definition) is 2. The average molecular weight is 344 g/mol. The van der Waals surface area contributed by atoms with Gasteiger partial charge in [0.25, 0.3) is 0 Å². The van der Waals surface area contributed by atoms with Gasteiger partial charge in [0.1, 0.15) is 5.75 Å². The number of likely N-dealkylation sites (tertiary alicyclic amines) is 1. The monoisotopic (exact) mass is 343 g/mol. The Morgan fingerprint density at radius 3 is 2.67 bits per heavy atom. The molecule has 0 spiro atoms. The van der Waals surface area contributed by atoms with E-state index in [2.05, 4.69) is 12.1 Å². The molecule has 0 saturated carbocycles. The van der Waals surface area contributed by atoms with Gasteiger partial charge in [-0.1, -0.05) is 41.9 Å². The maximum absolute atomic E-state index is 12.8. The predicted octanol–water partition coefficient (Wildman–Crippen LogP) is 4.64. The zero-order chi connectivity index (χ0) is 16.9. The van der Waals surface area contributed by atoms with Crippen LogP contribution in [0.3, 0.4) is 0 Å². The van der Waals surface area contributed by atoms with Gasteiger partial charge in [-0.25, -0.2) is 0 Å². The van der Waals surface area contributed by atoms with Gasteiger partial charge in [0, 0.05) is 11.6 Å². The Morgan fingerprint density at radius 2 is 1.96 bits per heavy atom. The summed E-state index contributed by atoms with van der Waals surface area (Å²) < 4.78 is 5.49. The third kappa shape index (κ3) is 3.73. The van der Waals surface area contributed by atoms with E-state index in [9.17, 15) is 4.79 Å². The number of halogens is 1. The lowest BCUT2D eigenvalue weighted by atomic mass is 10.0. The fourth-order valence-electron chi connectivity index (χ4n) is 3.27. The number of carbonyl (C=O) groups is 1. The Bertz CT molecular complexity index is 699. The number of ether oxygens (including phenoxy) is 1. The van der Waals surface area contributed by atoms with E-state index < -0.39 is 0 Å². The van der Waals surface area contributed by atoms with Crippen LogP contribution in [0.15, 0.2) is 48.5 Å². The number of benzene rings is 2. The van der Waals surface area contributed by atoms with Gasteiger partial charge in [-0.2, -0.15) is 0 Å². The summed E-state index contributed by atoms with van der Waals surface area (Å²) >= 11 is 6.19. The Labute approximate surface area is 148 Å². The third-order valence-electron chi connectivity index (χ3n) is 4.45. The molecular formula is C20H22ClNO2. The standard InChI is InChI=1S/C20H22ClNO2/c1-2-24-17-11-9-15(10-12-17)19-8-5-13-22(19)20(23)14-16-6-3-4-7-18(16)21/h3-4,6-7,9-12,19H,2,5,8,13-14H2,1H3. The summed E-state index contributed by atoms with van der Waals surface area (Å²) in [5, 5.41) is 0.655. The van der Waals surface area contributed by atoms with E-state index in [1.54, 1.807) is 0 Å². The van der Waals surface area contributed by atoms with Gasteiger partial charge in [-0.3, -0.25) is 4.79 Å². The first-order valence-electron chi connectivity index (χ1n) is 8.44. The second-order valence-corrected chi connectivity index (χ2v) is 6.42. The molecule has 1 fully saturated rings. The number of rotatable bonds is 5. The average Bonchev–Trinajstić information content (AvgIpc) is 3.08. The quantitative estimate of drug-likeness (QED) is 0.791. The molecule has 3 rings (SSSR count). The molecule has 1 atom stereocenters. The first-order valence-corrected chi connectivity index (χ1v) is 8.82. The molecule has 2 aromatic carbocycles. The molecular weight excluding hydrogens is 322 g/mol. The summed E-state index contributed by atoms with van der Waals surface area (Å²) in [6.07, 6.45) is 2.39. The predicted molar refractivity (Wildman–Crippen MR) is 96.5 cm³/mol.